The van der Waals surface area contributed by atoms with E-state index in [1.54, 1.807) is 31.4 Å². The molecule has 0 fully saturated rings. The Morgan fingerprint density at radius 1 is 1.04 bits per heavy atom. The van der Waals surface area contributed by atoms with E-state index >= 15 is 0 Å². The third-order valence-corrected chi connectivity index (χ3v) is 5.59. The van der Waals surface area contributed by atoms with Gasteiger partial charge in [-0.3, -0.25) is 4.31 Å². The van der Waals surface area contributed by atoms with E-state index in [0.29, 0.717) is 12.3 Å². The standard InChI is InChI=1S/C19H25NO3S/c1-14(2)13-20(19-11-6-15(3)12-16(19)4)24(21,22)18-9-7-17(23-5)8-10-18/h6-12,14H,13H2,1-5H3. The first-order chi connectivity index (χ1) is 11.3. The van der Waals surface area contributed by atoms with E-state index < -0.39 is 10.0 Å². The van der Waals surface area contributed by atoms with E-state index in [-0.39, 0.29) is 10.8 Å². The third-order valence-electron chi connectivity index (χ3n) is 3.80. The maximum atomic E-state index is 13.2. The summed E-state index contributed by atoms with van der Waals surface area (Å²) in [6, 6.07) is 12.3. The fraction of sp³-hybridized carbons (Fsp3) is 0.368. The van der Waals surface area contributed by atoms with E-state index in [1.807, 2.05) is 45.9 Å². The van der Waals surface area contributed by atoms with Crippen molar-refractivity contribution >= 4 is 15.7 Å². The molecule has 0 aliphatic heterocycles. The van der Waals surface area contributed by atoms with Gasteiger partial charge in [-0.2, -0.15) is 0 Å². The molecular weight excluding hydrogens is 322 g/mol. The maximum absolute atomic E-state index is 13.2. The highest BCUT2D eigenvalue weighted by molar-refractivity contribution is 7.92. The summed E-state index contributed by atoms with van der Waals surface area (Å²) in [5.41, 5.74) is 2.79. The number of methoxy groups -OCH3 is 1. The molecule has 4 nitrogen and oxygen atoms in total. The lowest BCUT2D eigenvalue weighted by Crippen LogP contribution is -2.34. The zero-order valence-corrected chi connectivity index (χ0v) is 15.7. The Labute approximate surface area is 145 Å². The molecular formula is C19H25NO3S. The van der Waals surface area contributed by atoms with Crippen molar-refractivity contribution in [3.8, 4) is 5.75 Å². The van der Waals surface area contributed by atoms with Crippen molar-refractivity contribution in [3.63, 3.8) is 0 Å². The van der Waals surface area contributed by atoms with E-state index in [9.17, 15) is 8.42 Å². The van der Waals surface area contributed by atoms with Crippen molar-refractivity contribution in [1.29, 1.82) is 0 Å². The average Bonchev–Trinajstić information content (AvgIpc) is 2.53. The second-order valence-electron chi connectivity index (χ2n) is 6.40. The monoisotopic (exact) mass is 347 g/mol. The first-order valence-corrected chi connectivity index (χ1v) is 9.43. The van der Waals surface area contributed by atoms with Crippen LogP contribution in [0.25, 0.3) is 0 Å². The lowest BCUT2D eigenvalue weighted by molar-refractivity contribution is 0.414. The Balaban J connectivity index is 2.52. The van der Waals surface area contributed by atoms with Crippen LogP contribution in [0.3, 0.4) is 0 Å². The summed E-state index contributed by atoms with van der Waals surface area (Å²) in [5, 5.41) is 0. The molecule has 0 aliphatic rings. The molecule has 0 N–H and O–H groups in total. The van der Waals surface area contributed by atoms with Gasteiger partial charge in [-0.25, -0.2) is 8.42 Å². The van der Waals surface area contributed by atoms with Crippen molar-refractivity contribution in [3.05, 3.63) is 53.6 Å². The number of ether oxygens (including phenoxy) is 1. The molecule has 2 rings (SSSR count). The first kappa shape index (κ1) is 18.3. The number of hydrogen-bond donors (Lipinski definition) is 0. The predicted octanol–water partition coefficient (Wildman–Crippen LogP) is 4.16. The molecule has 0 amide bonds. The van der Waals surface area contributed by atoms with Gasteiger partial charge in [0.25, 0.3) is 10.0 Å². The van der Waals surface area contributed by atoms with E-state index in [2.05, 4.69) is 0 Å². The van der Waals surface area contributed by atoms with Crippen LogP contribution in [0.15, 0.2) is 47.4 Å². The summed E-state index contributed by atoms with van der Waals surface area (Å²) in [6.45, 7) is 8.40. The smallest absolute Gasteiger partial charge is 0.264 e. The van der Waals surface area contributed by atoms with Crippen LogP contribution in [0, 0.1) is 19.8 Å². The Morgan fingerprint density at radius 2 is 1.67 bits per heavy atom. The molecule has 0 aromatic heterocycles. The van der Waals surface area contributed by atoms with Crippen molar-refractivity contribution in [2.75, 3.05) is 18.0 Å². The van der Waals surface area contributed by atoms with Gasteiger partial charge in [0.2, 0.25) is 0 Å². The minimum Gasteiger partial charge on any atom is -0.497 e. The highest BCUT2D eigenvalue weighted by atomic mass is 32.2. The molecule has 0 atom stereocenters. The molecule has 0 saturated heterocycles. The minimum absolute atomic E-state index is 0.207. The van der Waals surface area contributed by atoms with Gasteiger partial charge in [-0.15, -0.1) is 0 Å². The molecule has 5 heteroatoms. The van der Waals surface area contributed by atoms with Crippen LogP contribution in [0.4, 0.5) is 5.69 Å². The van der Waals surface area contributed by atoms with Crippen molar-refractivity contribution in [2.45, 2.75) is 32.6 Å². The van der Waals surface area contributed by atoms with Crippen molar-refractivity contribution in [2.24, 2.45) is 5.92 Å². The summed E-state index contributed by atoms with van der Waals surface area (Å²) >= 11 is 0. The summed E-state index contributed by atoms with van der Waals surface area (Å²) in [6.07, 6.45) is 0. The van der Waals surface area contributed by atoms with Gasteiger partial charge in [-0.05, 0) is 55.7 Å². The summed E-state index contributed by atoms with van der Waals surface area (Å²) in [5.74, 6) is 0.842. The number of nitrogens with zero attached hydrogens (tertiary/aromatic N) is 1. The number of sulfonamides is 1. The van der Waals surface area contributed by atoms with Crippen molar-refractivity contribution in [1.82, 2.24) is 0 Å². The fourth-order valence-corrected chi connectivity index (χ4v) is 4.31. The highest BCUT2D eigenvalue weighted by Crippen LogP contribution is 2.29. The molecule has 130 valence electrons. The van der Waals surface area contributed by atoms with E-state index in [1.165, 1.54) is 4.31 Å². The lowest BCUT2D eigenvalue weighted by Gasteiger charge is -2.28. The normalized spacial score (nSPS) is 11.6. The summed E-state index contributed by atoms with van der Waals surface area (Å²) in [7, 11) is -2.07. The second-order valence-corrected chi connectivity index (χ2v) is 8.26. The second kappa shape index (κ2) is 7.26. The zero-order chi connectivity index (χ0) is 17.9. The highest BCUT2D eigenvalue weighted by Gasteiger charge is 2.26. The summed E-state index contributed by atoms with van der Waals surface area (Å²) in [4.78, 5) is 0.268. The van der Waals surface area contributed by atoms with Gasteiger partial charge >= 0.3 is 0 Å². The molecule has 0 saturated carbocycles. The Hall–Kier alpha value is -2.01. The van der Waals surface area contributed by atoms with Crippen molar-refractivity contribution < 1.29 is 13.2 Å². The molecule has 2 aromatic rings. The predicted molar refractivity (Wildman–Crippen MR) is 98.3 cm³/mol. The average molecular weight is 347 g/mol. The Kier molecular flexibility index (Phi) is 5.54. The minimum atomic E-state index is -3.63. The summed E-state index contributed by atoms with van der Waals surface area (Å²) < 4.78 is 33.0. The quantitative estimate of drug-likeness (QED) is 0.788. The molecule has 0 radical (unpaired) electrons. The molecule has 24 heavy (non-hydrogen) atoms. The molecule has 0 aliphatic carbocycles. The van der Waals surface area contributed by atoms with E-state index in [0.717, 1.165) is 16.8 Å². The van der Waals surface area contributed by atoms with Crippen LogP contribution in [-0.4, -0.2) is 22.1 Å². The van der Waals surface area contributed by atoms with Gasteiger partial charge in [0.1, 0.15) is 5.75 Å². The molecule has 0 heterocycles. The largest absolute Gasteiger partial charge is 0.497 e. The first-order valence-electron chi connectivity index (χ1n) is 7.99. The fourth-order valence-electron chi connectivity index (χ4n) is 2.62. The van der Waals surface area contributed by atoms with Crippen LogP contribution in [-0.2, 0) is 10.0 Å². The SMILES string of the molecule is COc1ccc(S(=O)(=O)N(CC(C)C)c2ccc(C)cc2C)cc1. The number of rotatable bonds is 6. The van der Waals surface area contributed by atoms with Gasteiger partial charge in [0, 0.05) is 6.54 Å². The van der Waals surface area contributed by atoms with Gasteiger partial charge in [0.05, 0.1) is 17.7 Å². The molecule has 0 bridgehead atoms. The molecule has 0 unspecified atom stereocenters. The Morgan fingerprint density at radius 3 is 2.17 bits per heavy atom. The number of aryl methyl sites for hydroxylation is 2. The topological polar surface area (TPSA) is 46.6 Å². The zero-order valence-electron chi connectivity index (χ0n) is 14.9. The van der Waals surface area contributed by atoms with Crippen LogP contribution < -0.4 is 9.04 Å². The van der Waals surface area contributed by atoms with Crippen LogP contribution in [0.2, 0.25) is 0 Å². The van der Waals surface area contributed by atoms with Crippen LogP contribution in [0.1, 0.15) is 25.0 Å². The number of benzene rings is 2. The van der Waals surface area contributed by atoms with Crippen LogP contribution >= 0.6 is 0 Å². The van der Waals surface area contributed by atoms with E-state index in [4.69, 9.17) is 4.74 Å². The Bertz CT molecular complexity index is 796. The maximum Gasteiger partial charge on any atom is 0.264 e. The van der Waals surface area contributed by atoms with Crippen LogP contribution in [0.5, 0.6) is 5.75 Å². The number of hydrogen-bond acceptors (Lipinski definition) is 3. The third kappa shape index (κ3) is 3.90. The molecule has 2 aromatic carbocycles. The molecule has 0 spiro atoms. The lowest BCUT2D eigenvalue weighted by atomic mass is 10.1. The van der Waals surface area contributed by atoms with Gasteiger partial charge in [0.15, 0.2) is 0 Å². The van der Waals surface area contributed by atoms with Gasteiger partial charge < -0.3 is 4.74 Å². The van der Waals surface area contributed by atoms with Gasteiger partial charge in [-0.1, -0.05) is 31.5 Å². The number of anilines is 1.